The highest BCUT2D eigenvalue weighted by Gasteiger charge is 2.10. The third-order valence-electron chi connectivity index (χ3n) is 4.08. The molecule has 0 aliphatic carbocycles. The Balaban J connectivity index is 1.84. The maximum atomic E-state index is 4.69. The molecule has 0 saturated heterocycles. The van der Waals surface area contributed by atoms with E-state index in [4.69, 9.17) is 0 Å². The average Bonchev–Trinajstić information content (AvgIpc) is 3.00. The number of unbranched alkanes of at least 4 members (excludes halogenated alkanes) is 4. The van der Waals surface area contributed by atoms with E-state index in [0.717, 1.165) is 33.7 Å². The van der Waals surface area contributed by atoms with Crippen molar-refractivity contribution in [2.24, 2.45) is 0 Å². The van der Waals surface area contributed by atoms with Crippen molar-refractivity contribution in [1.29, 1.82) is 0 Å². The number of fused-ring (bicyclic) bond motifs is 1. The highest BCUT2D eigenvalue weighted by atomic mass is 32.1. The van der Waals surface area contributed by atoms with Crippen molar-refractivity contribution in [2.45, 2.75) is 46.0 Å². The fraction of sp³-hybridized carbons (Fsp3) is 0.333. The number of hydrogen-bond acceptors (Lipinski definition) is 3. The van der Waals surface area contributed by atoms with E-state index in [1.807, 2.05) is 13.0 Å². The minimum Gasteiger partial charge on any atom is -0.232 e. The Hall–Kier alpha value is -2.00. The van der Waals surface area contributed by atoms with Crippen molar-refractivity contribution in [3.8, 4) is 11.3 Å². The molecule has 0 N–H and O–H groups in total. The molecule has 2 aromatic heterocycles. The molecule has 2 nitrogen and oxygen atoms in total. The molecule has 3 heteroatoms. The Morgan fingerprint density at radius 3 is 2.67 bits per heavy atom. The average molecular weight is 337 g/mol. The molecular weight excluding hydrogens is 312 g/mol. The predicted molar refractivity (Wildman–Crippen MR) is 105 cm³/mol. The van der Waals surface area contributed by atoms with Gasteiger partial charge in [-0.3, -0.25) is 0 Å². The lowest BCUT2D eigenvalue weighted by Gasteiger charge is -2.03. The van der Waals surface area contributed by atoms with E-state index in [0.29, 0.717) is 0 Å². The molecule has 0 radical (unpaired) electrons. The van der Waals surface area contributed by atoms with Gasteiger partial charge in [0.1, 0.15) is 10.7 Å². The van der Waals surface area contributed by atoms with E-state index in [-0.39, 0.29) is 0 Å². The molecule has 0 unspecified atom stereocenters. The largest absolute Gasteiger partial charge is 0.232 e. The molecular formula is C21H24N2S. The zero-order valence-corrected chi connectivity index (χ0v) is 15.3. The lowest BCUT2D eigenvalue weighted by Crippen LogP contribution is -1.91. The number of allylic oxidation sites excluding steroid dienone is 1. The Kier molecular flexibility index (Phi) is 5.76. The Labute approximate surface area is 148 Å². The Morgan fingerprint density at radius 2 is 1.88 bits per heavy atom. The maximum Gasteiger partial charge on any atom is 0.128 e. The van der Waals surface area contributed by atoms with Gasteiger partial charge in [0, 0.05) is 15.8 Å². The normalized spacial score (nSPS) is 11.6. The van der Waals surface area contributed by atoms with E-state index in [9.17, 15) is 0 Å². The van der Waals surface area contributed by atoms with Crippen LogP contribution in [-0.2, 0) is 0 Å². The number of aromatic nitrogens is 2. The van der Waals surface area contributed by atoms with E-state index in [1.165, 1.54) is 30.6 Å². The minimum absolute atomic E-state index is 0.832. The number of aryl methyl sites for hydroxylation is 1. The second-order valence-electron chi connectivity index (χ2n) is 6.10. The third kappa shape index (κ3) is 4.09. The van der Waals surface area contributed by atoms with Gasteiger partial charge in [-0.25, -0.2) is 9.97 Å². The molecule has 2 heterocycles. The summed E-state index contributed by atoms with van der Waals surface area (Å²) in [6.07, 6.45) is 10.9. The van der Waals surface area contributed by atoms with Crippen LogP contribution >= 0.6 is 11.3 Å². The lowest BCUT2D eigenvalue weighted by molar-refractivity contribution is 0.675. The van der Waals surface area contributed by atoms with Crippen LogP contribution in [0.5, 0.6) is 0 Å². The minimum atomic E-state index is 0.832. The molecule has 124 valence electrons. The molecule has 0 fully saturated rings. The van der Waals surface area contributed by atoms with Crippen LogP contribution in [-0.4, -0.2) is 9.97 Å². The van der Waals surface area contributed by atoms with Gasteiger partial charge in [0.05, 0.1) is 5.69 Å². The van der Waals surface area contributed by atoms with E-state index < -0.39 is 0 Å². The summed E-state index contributed by atoms with van der Waals surface area (Å²) in [5.74, 6) is 0.832. The van der Waals surface area contributed by atoms with Gasteiger partial charge in [-0.1, -0.05) is 62.6 Å². The molecule has 0 bridgehead atoms. The summed E-state index contributed by atoms with van der Waals surface area (Å²) in [5, 5.41) is 1.16. The topological polar surface area (TPSA) is 25.8 Å². The zero-order valence-electron chi connectivity index (χ0n) is 14.5. The first-order valence-corrected chi connectivity index (χ1v) is 9.59. The highest BCUT2D eigenvalue weighted by molar-refractivity contribution is 7.19. The van der Waals surface area contributed by atoms with Crippen LogP contribution in [0.2, 0.25) is 0 Å². The van der Waals surface area contributed by atoms with Gasteiger partial charge in [-0.05, 0) is 31.9 Å². The molecule has 0 atom stereocenters. The van der Waals surface area contributed by atoms with Crippen LogP contribution in [0, 0.1) is 6.92 Å². The number of nitrogens with zero attached hydrogens (tertiary/aromatic N) is 2. The first-order chi connectivity index (χ1) is 11.8. The van der Waals surface area contributed by atoms with E-state index >= 15 is 0 Å². The van der Waals surface area contributed by atoms with Gasteiger partial charge in [-0.2, -0.15) is 0 Å². The Morgan fingerprint density at radius 1 is 1.04 bits per heavy atom. The summed E-state index contributed by atoms with van der Waals surface area (Å²) >= 11 is 1.75. The van der Waals surface area contributed by atoms with Crippen LogP contribution in [0.15, 0.2) is 42.5 Å². The maximum absolute atomic E-state index is 4.69. The van der Waals surface area contributed by atoms with Gasteiger partial charge in [0.25, 0.3) is 0 Å². The van der Waals surface area contributed by atoms with Crippen molar-refractivity contribution < 1.29 is 0 Å². The molecule has 0 aliphatic heterocycles. The standard InChI is InChI=1S/C21H24N2S/c1-3-4-5-6-7-11-14-18-15-19-20(17-12-9-8-10-13-17)22-16(2)23-21(19)24-18/h8-15H,3-7H2,1-2H3/b14-11+. The molecule has 0 amide bonds. The fourth-order valence-electron chi connectivity index (χ4n) is 2.83. The molecule has 3 rings (SSSR count). The first kappa shape index (κ1) is 16.8. The first-order valence-electron chi connectivity index (χ1n) is 8.78. The SMILES string of the molecule is CCCCCC/C=C/c1cc2c(-c3ccccc3)nc(C)nc2s1. The fourth-order valence-corrected chi connectivity index (χ4v) is 3.84. The molecule has 24 heavy (non-hydrogen) atoms. The summed E-state index contributed by atoms with van der Waals surface area (Å²) in [7, 11) is 0. The van der Waals surface area contributed by atoms with Crippen LogP contribution in [0.1, 0.15) is 49.7 Å². The third-order valence-corrected chi connectivity index (χ3v) is 5.07. The van der Waals surface area contributed by atoms with Crippen molar-refractivity contribution in [2.75, 3.05) is 0 Å². The van der Waals surface area contributed by atoms with Crippen LogP contribution in [0.4, 0.5) is 0 Å². The molecule has 3 aromatic rings. The summed E-state index contributed by atoms with van der Waals surface area (Å²) in [6, 6.07) is 12.6. The molecule has 1 aromatic carbocycles. The van der Waals surface area contributed by atoms with Gasteiger partial charge in [-0.15, -0.1) is 11.3 Å². The van der Waals surface area contributed by atoms with E-state index in [1.54, 1.807) is 11.3 Å². The van der Waals surface area contributed by atoms with Gasteiger partial charge >= 0.3 is 0 Å². The van der Waals surface area contributed by atoms with Crippen LogP contribution in [0.25, 0.3) is 27.6 Å². The number of benzene rings is 1. The molecule has 0 spiro atoms. The quantitative estimate of drug-likeness (QED) is 0.451. The number of thiophene rings is 1. The zero-order chi connectivity index (χ0) is 16.8. The van der Waals surface area contributed by atoms with Crippen molar-refractivity contribution >= 4 is 27.6 Å². The molecule has 0 saturated carbocycles. The van der Waals surface area contributed by atoms with Crippen molar-refractivity contribution in [3.63, 3.8) is 0 Å². The second-order valence-corrected chi connectivity index (χ2v) is 7.17. The summed E-state index contributed by atoms with van der Waals surface area (Å²) in [6.45, 7) is 4.22. The van der Waals surface area contributed by atoms with E-state index in [2.05, 4.69) is 59.4 Å². The smallest absolute Gasteiger partial charge is 0.128 e. The van der Waals surface area contributed by atoms with Gasteiger partial charge in [0.15, 0.2) is 0 Å². The monoisotopic (exact) mass is 336 g/mol. The highest BCUT2D eigenvalue weighted by Crippen LogP contribution is 2.32. The molecule has 0 aliphatic rings. The van der Waals surface area contributed by atoms with Crippen LogP contribution in [0.3, 0.4) is 0 Å². The number of rotatable bonds is 7. The predicted octanol–water partition coefficient (Wildman–Crippen LogP) is 6.65. The van der Waals surface area contributed by atoms with Gasteiger partial charge < -0.3 is 0 Å². The number of hydrogen-bond donors (Lipinski definition) is 0. The summed E-state index contributed by atoms with van der Waals surface area (Å²) < 4.78 is 0. The second kappa shape index (κ2) is 8.20. The Bertz CT molecular complexity index is 818. The van der Waals surface area contributed by atoms with Gasteiger partial charge in [0.2, 0.25) is 0 Å². The van der Waals surface area contributed by atoms with Crippen LogP contribution < -0.4 is 0 Å². The summed E-state index contributed by atoms with van der Waals surface area (Å²) in [4.78, 5) is 11.6. The van der Waals surface area contributed by atoms with Crippen molar-refractivity contribution in [3.05, 3.63) is 53.2 Å². The summed E-state index contributed by atoms with van der Waals surface area (Å²) in [5.41, 5.74) is 2.19. The van der Waals surface area contributed by atoms with Crippen molar-refractivity contribution in [1.82, 2.24) is 9.97 Å². The lowest BCUT2D eigenvalue weighted by atomic mass is 10.1.